The summed E-state index contributed by atoms with van der Waals surface area (Å²) in [5.41, 5.74) is 3.10. The Hall–Kier alpha value is -2.82. The van der Waals surface area contributed by atoms with E-state index in [1.165, 1.54) is 5.70 Å². The molecule has 0 spiro atoms. The summed E-state index contributed by atoms with van der Waals surface area (Å²) < 4.78 is 2.53. The van der Waals surface area contributed by atoms with E-state index in [-0.39, 0.29) is 5.91 Å². The van der Waals surface area contributed by atoms with Crippen molar-refractivity contribution in [1.82, 2.24) is 29.7 Å². The van der Waals surface area contributed by atoms with Crippen molar-refractivity contribution in [3.05, 3.63) is 59.9 Å². The van der Waals surface area contributed by atoms with Gasteiger partial charge in [-0.1, -0.05) is 0 Å². The molecule has 1 atom stereocenters. The Kier molecular flexibility index (Phi) is 4.74. The first kappa shape index (κ1) is 19.8. The van der Waals surface area contributed by atoms with Gasteiger partial charge in [0.2, 0.25) is 5.95 Å². The maximum atomic E-state index is 13.0. The van der Waals surface area contributed by atoms with Crippen LogP contribution in [0.4, 0.5) is 5.82 Å². The second kappa shape index (κ2) is 7.65. The number of aromatic nitrogens is 4. The minimum absolute atomic E-state index is 0.202. The summed E-state index contributed by atoms with van der Waals surface area (Å²) in [5.74, 6) is 3.85. The fourth-order valence-electron chi connectivity index (χ4n) is 5.07. The van der Waals surface area contributed by atoms with Crippen molar-refractivity contribution in [3.63, 3.8) is 0 Å². The third-order valence-electron chi connectivity index (χ3n) is 6.68. The zero-order valence-corrected chi connectivity index (χ0v) is 19.0. The summed E-state index contributed by atoms with van der Waals surface area (Å²) in [6.07, 6.45) is 12.2. The first-order valence-corrected chi connectivity index (χ1v) is 12.2. The maximum Gasteiger partial charge on any atom is 0.256 e. The molecule has 6 rings (SSSR count). The molecule has 1 amide bonds. The third kappa shape index (κ3) is 3.13. The molecule has 2 aromatic heterocycles. The van der Waals surface area contributed by atoms with Crippen LogP contribution in [0.15, 0.2) is 54.2 Å². The number of nitrogens with zero attached hydrogens (tertiary/aromatic N) is 7. The number of amides is 1. The molecule has 166 valence electrons. The first-order chi connectivity index (χ1) is 15.6. The summed E-state index contributed by atoms with van der Waals surface area (Å²) in [6, 6.07) is 2.12. The summed E-state index contributed by atoms with van der Waals surface area (Å²) in [5, 5.41) is 7.12. The van der Waals surface area contributed by atoms with Crippen molar-refractivity contribution in [2.75, 3.05) is 55.8 Å². The predicted octanol–water partition coefficient (Wildman–Crippen LogP) is 1.64. The molecular weight excluding hydrogens is 424 g/mol. The van der Waals surface area contributed by atoms with Gasteiger partial charge >= 0.3 is 0 Å². The van der Waals surface area contributed by atoms with Crippen molar-refractivity contribution in [3.8, 4) is 5.95 Å². The number of imidazole rings is 1. The quantitative estimate of drug-likeness (QED) is 0.713. The number of quaternary nitrogens is 1. The molecule has 0 bridgehead atoms. The van der Waals surface area contributed by atoms with Crippen molar-refractivity contribution < 1.29 is 9.39 Å². The number of piperazine rings is 1. The van der Waals surface area contributed by atoms with Crippen LogP contribution in [0.1, 0.15) is 5.69 Å². The number of aromatic amines is 1. The smallest absolute Gasteiger partial charge is 0.256 e. The van der Waals surface area contributed by atoms with E-state index in [2.05, 4.69) is 55.5 Å². The Morgan fingerprint density at radius 2 is 2.09 bits per heavy atom. The second-order valence-corrected chi connectivity index (χ2v) is 9.68. The molecule has 9 nitrogen and oxygen atoms in total. The number of thioether (sulfide) groups is 1. The van der Waals surface area contributed by atoms with Gasteiger partial charge in [0, 0.05) is 56.0 Å². The fraction of sp³-hybridized carbons (Fsp3) is 0.409. The van der Waals surface area contributed by atoms with Crippen molar-refractivity contribution in [1.29, 1.82) is 0 Å². The van der Waals surface area contributed by atoms with E-state index in [4.69, 9.17) is 0 Å². The minimum atomic E-state index is 0.202. The van der Waals surface area contributed by atoms with Gasteiger partial charge in [0.05, 0.1) is 30.2 Å². The van der Waals surface area contributed by atoms with Crippen molar-refractivity contribution >= 4 is 23.5 Å². The van der Waals surface area contributed by atoms with Crippen LogP contribution in [-0.2, 0) is 4.79 Å². The van der Waals surface area contributed by atoms with Gasteiger partial charge in [-0.25, -0.2) is 4.98 Å². The van der Waals surface area contributed by atoms with E-state index >= 15 is 0 Å². The predicted molar refractivity (Wildman–Crippen MR) is 124 cm³/mol. The molecular formula is C22H27N8OS+. The lowest BCUT2D eigenvalue weighted by atomic mass is 10.2. The molecule has 2 saturated heterocycles. The highest BCUT2D eigenvalue weighted by atomic mass is 32.2. The van der Waals surface area contributed by atoms with Crippen LogP contribution in [0, 0.1) is 6.92 Å². The summed E-state index contributed by atoms with van der Waals surface area (Å²) in [6.45, 7) is 7.16. The molecule has 1 N–H and O–H groups in total. The largest absolute Gasteiger partial charge is 0.353 e. The molecule has 32 heavy (non-hydrogen) atoms. The van der Waals surface area contributed by atoms with E-state index < -0.39 is 0 Å². The average Bonchev–Trinajstić information content (AvgIpc) is 3.61. The molecule has 2 fully saturated rings. The lowest BCUT2D eigenvalue weighted by Gasteiger charge is -2.44. The summed E-state index contributed by atoms with van der Waals surface area (Å²) >= 11 is 1.83. The van der Waals surface area contributed by atoms with Gasteiger partial charge in [0.25, 0.3) is 5.91 Å². The molecule has 4 aliphatic heterocycles. The van der Waals surface area contributed by atoms with Crippen molar-refractivity contribution in [2.24, 2.45) is 0 Å². The molecule has 4 aliphatic rings. The normalized spacial score (nSPS) is 25.4. The molecule has 0 saturated carbocycles. The van der Waals surface area contributed by atoms with E-state index in [0.717, 1.165) is 67.4 Å². The van der Waals surface area contributed by atoms with E-state index in [0.29, 0.717) is 11.1 Å². The van der Waals surface area contributed by atoms with Crippen molar-refractivity contribution in [2.45, 2.75) is 6.92 Å². The van der Waals surface area contributed by atoms with Gasteiger partial charge in [-0.2, -0.15) is 14.4 Å². The van der Waals surface area contributed by atoms with Gasteiger partial charge < -0.3 is 14.8 Å². The Balaban J connectivity index is 1.18. The van der Waals surface area contributed by atoms with Crippen LogP contribution >= 0.6 is 11.8 Å². The number of H-pyrrole nitrogens is 1. The SMILES string of the molecule is Cc1cc(N2CCN([N@@+]34C=CC=C3C=C(C(=O)N3CCSC3)C4)CC2)n(-c2ncc[nH]2)n1. The van der Waals surface area contributed by atoms with Crippen LogP contribution in [0.2, 0.25) is 0 Å². The molecule has 0 unspecified atom stereocenters. The zero-order valence-electron chi connectivity index (χ0n) is 18.1. The Morgan fingerprint density at radius 3 is 2.84 bits per heavy atom. The fourth-order valence-corrected chi connectivity index (χ4v) is 6.02. The average molecular weight is 452 g/mol. The van der Waals surface area contributed by atoms with Crippen LogP contribution in [-0.4, -0.2) is 91.1 Å². The molecule has 10 heteroatoms. The molecule has 0 aromatic carbocycles. The van der Waals surface area contributed by atoms with Crippen LogP contribution < -0.4 is 4.90 Å². The Labute approximate surface area is 191 Å². The van der Waals surface area contributed by atoms with E-state index in [1.54, 1.807) is 6.20 Å². The number of hydrogen-bond acceptors (Lipinski definition) is 6. The Morgan fingerprint density at radius 1 is 1.22 bits per heavy atom. The number of fused-ring (bicyclic) bond motifs is 1. The van der Waals surface area contributed by atoms with E-state index in [9.17, 15) is 4.79 Å². The van der Waals surface area contributed by atoms with Gasteiger partial charge in [-0.15, -0.1) is 16.8 Å². The number of rotatable bonds is 4. The summed E-state index contributed by atoms with van der Waals surface area (Å²) in [4.78, 5) is 24.9. The topological polar surface area (TPSA) is 73.3 Å². The lowest BCUT2D eigenvalue weighted by Crippen LogP contribution is -2.60. The third-order valence-corrected chi connectivity index (χ3v) is 7.64. The Bertz CT molecular complexity index is 1120. The highest BCUT2D eigenvalue weighted by Crippen LogP contribution is 2.38. The zero-order chi connectivity index (χ0) is 21.7. The number of hydrogen-bond donors (Lipinski definition) is 1. The number of anilines is 1. The number of carbonyl (C=O) groups is 1. The van der Waals surface area contributed by atoms with Gasteiger partial charge in [-0.05, 0) is 13.0 Å². The number of carbonyl (C=O) groups excluding carboxylic acids is 1. The molecule has 6 heterocycles. The minimum Gasteiger partial charge on any atom is -0.353 e. The first-order valence-electron chi connectivity index (χ1n) is 11.1. The lowest BCUT2D eigenvalue weighted by molar-refractivity contribution is -0.948. The van der Waals surface area contributed by atoms with Crippen LogP contribution in [0.25, 0.3) is 5.95 Å². The van der Waals surface area contributed by atoms with Gasteiger partial charge in [0.1, 0.15) is 18.6 Å². The van der Waals surface area contributed by atoms with E-state index in [1.807, 2.05) is 34.5 Å². The molecule has 0 aliphatic carbocycles. The van der Waals surface area contributed by atoms with Crippen LogP contribution in [0.3, 0.4) is 0 Å². The second-order valence-electron chi connectivity index (χ2n) is 8.60. The molecule has 2 aromatic rings. The maximum absolute atomic E-state index is 13.0. The highest BCUT2D eigenvalue weighted by Gasteiger charge is 2.48. The number of allylic oxidation sites excluding steroid dienone is 3. The standard InChI is InChI=1S/C22H27N8OS/c1-17-13-20(29(25-17)22-23-4-5-24-22)26-6-8-28(9-7-26)30-11-2-3-19(30)14-18(15-30)21(31)27-10-12-32-16-27/h2-5,11,13-14H,6-10,12,15-16H2,1H3,(H,23,24)/q+1/t30-/m1/s1. The number of aryl methyl sites for hydroxylation is 1. The van der Waals surface area contributed by atoms with Gasteiger partial charge in [0.15, 0.2) is 5.70 Å². The number of nitrogens with one attached hydrogen (secondary N) is 1. The molecule has 0 radical (unpaired) electrons. The monoisotopic (exact) mass is 451 g/mol. The van der Waals surface area contributed by atoms with Gasteiger partial charge in [-0.3, -0.25) is 4.79 Å². The summed E-state index contributed by atoms with van der Waals surface area (Å²) in [7, 11) is 0. The highest BCUT2D eigenvalue weighted by molar-refractivity contribution is 7.99. The van der Waals surface area contributed by atoms with Crippen LogP contribution in [0.5, 0.6) is 0 Å².